The lowest BCUT2D eigenvalue weighted by atomic mass is 10.2. The number of halogens is 1. The Morgan fingerprint density at radius 3 is 2.64 bits per heavy atom. The number of hydrazone groups is 1. The number of carbonyl (C=O) groups is 2. The number of anilines is 1. The van der Waals surface area contributed by atoms with E-state index < -0.39 is 5.91 Å². The molecule has 0 saturated carbocycles. The van der Waals surface area contributed by atoms with Crippen LogP contribution >= 0.6 is 11.6 Å². The van der Waals surface area contributed by atoms with Crippen LogP contribution in [0, 0.1) is 6.92 Å². The van der Waals surface area contributed by atoms with Crippen molar-refractivity contribution in [1.29, 1.82) is 0 Å². The largest absolute Gasteiger partial charge is 0.508 e. The first-order chi connectivity index (χ1) is 11.8. The van der Waals surface area contributed by atoms with E-state index >= 15 is 0 Å². The maximum Gasteiger partial charge on any atom is 0.271 e. The number of nitrogens with one attached hydrogen (secondary N) is 2. The van der Waals surface area contributed by atoms with Gasteiger partial charge in [-0.05, 0) is 49.7 Å². The number of benzene rings is 2. The number of nitrogens with zero attached hydrogens (tertiary/aromatic N) is 1. The van der Waals surface area contributed by atoms with Gasteiger partial charge in [-0.1, -0.05) is 23.7 Å². The van der Waals surface area contributed by atoms with E-state index in [1.807, 2.05) is 13.0 Å². The molecule has 0 aromatic heterocycles. The monoisotopic (exact) mass is 359 g/mol. The molecule has 130 valence electrons. The van der Waals surface area contributed by atoms with Gasteiger partial charge < -0.3 is 10.4 Å². The smallest absolute Gasteiger partial charge is 0.271 e. The predicted molar refractivity (Wildman–Crippen MR) is 98.1 cm³/mol. The molecule has 2 aromatic carbocycles. The first-order valence-electron chi connectivity index (χ1n) is 7.53. The molecule has 0 heterocycles. The zero-order valence-electron chi connectivity index (χ0n) is 13.8. The Kier molecular flexibility index (Phi) is 6.14. The Morgan fingerprint density at radius 1 is 1.20 bits per heavy atom. The molecule has 6 nitrogen and oxygen atoms in total. The maximum atomic E-state index is 12.0. The number of hydrogen-bond donors (Lipinski definition) is 3. The summed E-state index contributed by atoms with van der Waals surface area (Å²) >= 11 is 6.02. The van der Waals surface area contributed by atoms with Crippen molar-refractivity contribution < 1.29 is 14.7 Å². The van der Waals surface area contributed by atoms with E-state index in [2.05, 4.69) is 15.8 Å². The third kappa shape index (κ3) is 5.61. The van der Waals surface area contributed by atoms with Gasteiger partial charge in [0.25, 0.3) is 5.91 Å². The van der Waals surface area contributed by atoms with Crippen molar-refractivity contribution in [2.24, 2.45) is 5.10 Å². The minimum Gasteiger partial charge on any atom is -0.508 e. The Bertz CT molecular complexity index is 834. The van der Waals surface area contributed by atoms with Gasteiger partial charge in [-0.3, -0.25) is 9.59 Å². The van der Waals surface area contributed by atoms with Gasteiger partial charge in [0.15, 0.2) is 0 Å². The summed E-state index contributed by atoms with van der Waals surface area (Å²) in [6, 6.07) is 11.1. The summed E-state index contributed by atoms with van der Waals surface area (Å²) in [7, 11) is 0. The lowest BCUT2D eigenvalue weighted by Crippen LogP contribution is -2.21. The molecule has 7 heteroatoms. The van der Waals surface area contributed by atoms with E-state index in [1.165, 1.54) is 12.1 Å². The molecule has 2 amide bonds. The van der Waals surface area contributed by atoms with Crippen LogP contribution in [0.5, 0.6) is 5.75 Å². The van der Waals surface area contributed by atoms with Gasteiger partial charge in [-0.15, -0.1) is 0 Å². The second-order valence-electron chi connectivity index (χ2n) is 5.53. The molecule has 3 N–H and O–H groups in total. The van der Waals surface area contributed by atoms with Gasteiger partial charge >= 0.3 is 0 Å². The highest BCUT2D eigenvalue weighted by Gasteiger charge is 2.08. The van der Waals surface area contributed by atoms with E-state index in [0.717, 1.165) is 5.56 Å². The van der Waals surface area contributed by atoms with Crippen LogP contribution in [0.3, 0.4) is 0 Å². The molecule has 0 atom stereocenters. The molecule has 0 fully saturated rings. The average molecular weight is 360 g/mol. The number of phenolic OH excluding ortho intramolecular Hbond substituents is 1. The van der Waals surface area contributed by atoms with Crippen LogP contribution in [0.25, 0.3) is 0 Å². The molecular weight excluding hydrogens is 342 g/mol. The predicted octanol–water partition coefficient (Wildman–Crippen LogP) is 3.49. The summed E-state index contributed by atoms with van der Waals surface area (Å²) < 4.78 is 0. The lowest BCUT2D eigenvalue weighted by molar-refractivity contribution is -0.115. The fourth-order valence-corrected chi connectivity index (χ4v) is 2.19. The SMILES string of the molecule is CC(CC(=O)Nc1ccc(C)c(Cl)c1)=NNC(=O)c1cccc(O)c1. The highest BCUT2D eigenvalue weighted by Crippen LogP contribution is 2.20. The van der Waals surface area contributed by atoms with Crippen molar-refractivity contribution in [1.82, 2.24) is 5.43 Å². The van der Waals surface area contributed by atoms with Crippen LogP contribution < -0.4 is 10.7 Å². The van der Waals surface area contributed by atoms with E-state index in [0.29, 0.717) is 16.4 Å². The summed E-state index contributed by atoms with van der Waals surface area (Å²) in [6.07, 6.45) is 0.0197. The molecule has 0 unspecified atom stereocenters. The molecule has 0 aliphatic heterocycles. The number of hydrogen-bond acceptors (Lipinski definition) is 4. The molecule has 0 spiro atoms. The molecule has 2 rings (SSSR count). The van der Waals surface area contributed by atoms with Crippen LogP contribution in [0.15, 0.2) is 47.6 Å². The van der Waals surface area contributed by atoms with E-state index in [4.69, 9.17) is 11.6 Å². The molecular formula is C18H18ClN3O3. The molecule has 2 aromatic rings. The van der Waals surface area contributed by atoms with Crippen LogP contribution in [0.2, 0.25) is 5.02 Å². The standard InChI is InChI=1S/C18H18ClN3O3/c1-11-6-7-14(10-16(11)19)20-17(24)8-12(2)21-22-18(25)13-4-3-5-15(23)9-13/h3-7,9-10,23H,8H2,1-2H3,(H,20,24)(H,22,25). The van der Waals surface area contributed by atoms with Gasteiger partial charge in [0, 0.05) is 22.0 Å². The van der Waals surface area contributed by atoms with Crippen LogP contribution in [-0.4, -0.2) is 22.6 Å². The van der Waals surface area contributed by atoms with Gasteiger partial charge in [0.05, 0.1) is 6.42 Å². The van der Waals surface area contributed by atoms with Crippen LogP contribution in [0.1, 0.15) is 29.3 Å². The summed E-state index contributed by atoms with van der Waals surface area (Å²) in [4.78, 5) is 23.9. The third-order valence-corrected chi connectivity index (χ3v) is 3.74. The van der Waals surface area contributed by atoms with Crippen LogP contribution in [-0.2, 0) is 4.79 Å². The molecule has 0 aliphatic carbocycles. The van der Waals surface area contributed by atoms with Crippen molar-refractivity contribution in [2.45, 2.75) is 20.3 Å². The van der Waals surface area contributed by atoms with Crippen molar-refractivity contribution in [2.75, 3.05) is 5.32 Å². The topological polar surface area (TPSA) is 90.8 Å². The highest BCUT2D eigenvalue weighted by molar-refractivity contribution is 6.31. The van der Waals surface area contributed by atoms with Crippen molar-refractivity contribution in [3.05, 3.63) is 58.6 Å². The number of aromatic hydroxyl groups is 1. The van der Waals surface area contributed by atoms with Gasteiger partial charge in [-0.25, -0.2) is 5.43 Å². The minimum absolute atomic E-state index is 0.00973. The van der Waals surface area contributed by atoms with Crippen molar-refractivity contribution in [3.8, 4) is 5.75 Å². The summed E-state index contributed by atoms with van der Waals surface area (Å²) in [5, 5.41) is 16.5. The fourth-order valence-electron chi connectivity index (χ4n) is 2.01. The molecule has 0 aliphatic rings. The number of phenols is 1. The summed E-state index contributed by atoms with van der Waals surface area (Å²) in [5.74, 6) is -0.752. The average Bonchev–Trinajstić information content (AvgIpc) is 2.56. The number of aryl methyl sites for hydroxylation is 1. The van der Waals surface area contributed by atoms with Crippen molar-refractivity contribution in [3.63, 3.8) is 0 Å². The zero-order valence-corrected chi connectivity index (χ0v) is 14.6. The Morgan fingerprint density at radius 2 is 1.96 bits per heavy atom. The zero-order chi connectivity index (χ0) is 18.4. The van der Waals surface area contributed by atoms with Crippen molar-refractivity contribution >= 4 is 34.8 Å². The molecule has 25 heavy (non-hydrogen) atoms. The summed E-state index contributed by atoms with van der Waals surface area (Å²) in [5.41, 5.74) is 4.57. The molecule has 0 radical (unpaired) electrons. The minimum atomic E-state index is -0.471. The van der Waals surface area contributed by atoms with Gasteiger partial charge in [0.1, 0.15) is 5.75 Å². The summed E-state index contributed by atoms with van der Waals surface area (Å²) in [6.45, 7) is 3.50. The normalized spacial score (nSPS) is 11.1. The third-order valence-electron chi connectivity index (χ3n) is 3.33. The first kappa shape index (κ1) is 18.5. The lowest BCUT2D eigenvalue weighted by Gasteiger charge is -2.07. The second kappa shape index (κ2) is 8.30. The van der Waals surface area contributed by atoms with E-state index in [1.54, 1.807) is 31.2 Å². The Balaban J connectivity index is 1.90. The number of carbonyl (C=O) groups excluding carboxylic acids is 2. The van der Waals surface area contributed by atoms with Gasteiger partial charge in [-0.2, -0.15) is 5.10 Å². The number of amides is 2. The first-order valence-corrected chi connectivity index (χ1v) is 7.91. The Hall–Kier alpha value is -2.86. The molecule has 0 bridgehead atoms. The number of rotatable bonds is 5. The van der Waals surface area contributed by atoms with Crippen LogP contribution in [0.4, 0.5) is 5.69 Å². The highest BCUT2D eigenvalue weighted by atomic mass is 35.5. The maximum absolute atomic E-state index is 12.0. The quantitative estimate of drug-likeness (QED) is 0.563. The Labute approximate surface area is 150 Å². The second-order valence-corrected chi connectivity index (χ2v) is 5.93. The van der Waals surface area contributed by atoms with E-state index in [9.17, 15) is 14.7 Å². The van der Waals surface area contributed by atoms with E-state index in [-0.39, 0.29) is 23.6 Å². The molecule has 0 saturated heterocycles. The van der Waals surface area contributed by atoms with Gasteiger partial charge in [0.2, 0.25) is 5.91 Å². The fraction of sp³-hybridized carbons (Fsp3) is 0.167.